The van der Waals surface area contributed by atoms with Gasteiger partial charge in [0, 0.05) is 6.21 Å². The number of hydrogen-bond donors (Lipinski definition) is 3. The Morgan fingerprint density at radius 2 is 1.71 bits per heavy atom. The molecule has 0 aliphatic heterocycles. The number of unbranched alkanes of at least 4 members (excludes halogenated alkanes) is 2. The summed E-state index contributed by atoms with van der Waals surface area (Å²) in [5.74, 6) is 0. The molecule has 0 atom stereocenters. The van der Waals surface area contributed by atoms with E-state index in [4.69, 9.17) is 14.3 Å². The van der Waals surface area contributed by atoms with Crippen molar-refractivity contribution in [3.05, 3.63) is 23.8 Å². The van der Waals surface area contributed by atoms with Gasteiger partial charge in [-0.25, -0.2) is 0 Å². The summed E-state index contributed by atoms with van der Waals surface area (Å²) in [5, 5.41) is 11.0. The average molecular weight is 337 g/mol. The number of rotatable bonds is 7. The van der Waals surface area contributed by atoms with Crippen LogP contribution >= 0.6 is 0 Å². The SMILES string of the molecule is O=S(=O)(O)c1ccc(CCCCC=NO)c(S(=O)(=O)O)c1. The molecule has 0 radical (unpaired) electrons. The standard InChI is InChI=1S/C11H15NO7S2/c13-12-7-3-1-2-4-9-5-6-10(20(14,15)16)8-11(9)21(17,18)19/h5-8,13H,1-4H2,(H,14,15,16)(H,17,18,19). The molecule has 10 heteroatoms. The molecule has 0 saturated carbocycles. The third kappa shape index (κ3) is 5.42. The molecule has 0 bridgehead atoms. The zero-order valence-electron chi connectivity index (χ0n) is 10.9. The van der Waals surface area contributed by atoms with Crippen molar-refractivity contribution in [2.75, 3.05) is 0 Å². The summed E-state index contributed by atoms with van der Waals surface area (Å²) in [5.41, 5.74) is 0.242. The summed E-state index contributed by atoms with van der Waals surface area (Å²) in [6.45, 7) is 0. The molecule has 0 aromatic heterocycles. The van der Waals surface area contributed by atoms with E-state index >= 15 is 0 Å². The van der Waals surface area contributed by atoms with Crippen molar-refractivity contribution in [2.45, 2.75) is 35.5 Å². The molecule has 0 saturated heterocycles. The van der Waals surface area contributed by atoms with E-state index in [0.29, 0.717) is 19.3 Å². The van der Waals surface area contributed by atoms with Crippen LogP contribution < -0.4 is 0 Å². The molecule has 0 fully saturated rings. The van der Waals surface area contributed by atoms with E-state index < -0.39 is 30.0 Å². The molecule has 0 aliphatic rings. The fourth-order valence-electron chi connectivity index (χ4n) is 1.75. The number of nitrogens with zero attached hydrogens (tertiary/aromatic N) is 1. The molecule has 0 aliphatic carbocycles. The van der Waals surface area contributed by atoms with E-state index in [2.05, 4.69) is 5.16 Å². The lowest BCUT2D eigenvalue weighted by atomic mass is 10.1. The molecule has 21 heavy (non-hydrogen) atoms. The van der Waals surface area contributed by atoms with Gasteiger partial charge >= 0.3 is 0 Å². The highest BCUT2D eigenvalue weighted by molar-refractivity contribution is 7.86. The van der Waals surface area contributed by atoms with E-state index in [0.717, 1.165) is 12.1 Å². The molecule has 0 amide bonds. The largest absolute Gasteiger partial charge is 0.411 e. The molecule has 8 nitrogen and oxygen atoms in total. The van der Waals surface area contributed by atoms with Gasteiger partial charge in [0.15, 0.2) is 0 Å². The Labute approximate surface area is 122 Å². The van der Waals surface area contributed by atoms with Crippen LogP contribution in [0.2, 0.25) is 0 Å². The Hall–Kier alpha value is -1.49. The van der Waals surface area contributed by atoms with Crippen LogP contribution in [0, 0.1) is 0 Å². The van der Waals surface area contributed by atoms with Crippen LogP contribution in [0.1, 0.15) is 24.8 Å². The number of hydrogen-bond acceptors (Lipinski definition) is 6. The zero-order chi connectivity index (χ0) is 16.1. The highest BCUT2D eigenvalue weighted by Gasteiger charge is 2.19. The zero-order valence-corrected chi connectivity index (χ0v) is 12.5. The van der Waals surface area contributed by atoms with Gasteiger partial charge in [-0.15, -0.1) is 5.16 Å². The van der Waals surface area contributed by atoms with Gasteiger partial charge in [-0.05, 0) is 43.4 Å². The molecular formula is C11H15NO7S2. The summed E-state index contributed by atoms with van der Waals surface area (Å²) in [4.78, 5) is -1.15. The van der Waals surface area contributed by atoms with E-state index in [1.165, 1.54) is 12.3 Å². The van der Waals surface area contributed by atoms with Crippen LogP contribution in [-0.2, 0) is 26.7 Å². The third-order valence-electron chi connectivity index (χ3n) is 2.73. The Balaban J connectivity index is 3.04. The number of benzene rings is 1. The van der Waals surface area contributed by atoms with E-state index in [1.807, 2.05) is 0 Å². The van der Waals surface area contributed by atoms with Gasteiger partial charge in [0.05, 0.1) is 9.79 Å². The molecule has 0 heterocycles. The normalized spacial score (nSPS) is 12.9. The van der Waals surface area contributed by atoms with Gasteiger partial charge < -0.3 is 5.21 Å². The van der Waals surface area contributed by atoms with Crippen LogP contribution in [0.25, 0.3) is 0 Å². The topological polar surface area (TPSA) is 141 Å². The van der Waals surface area contributed by atoms with Crippen molar-refractivity contribution < 1.29 is 31.1 Å². The van der Waals surface area contributed by atoms with Gasteiger partial charge in [-0.2, -0.15) is 16.8 Å². The molecule has 0 unspecified atom stereocenters. The number of oxime groups is 1. The van der Waals surface area contributed by atoms with Crippen LogP contribution in [0.3, 0.4) is 0 Å². The lowest BCUT2D eigenvalue weighted by Gasteiger charge is -2.08. The first kappa shape index (κ1) is 17.6. The number of aryl methyl sites for hydroxylation is 1. The summed E-state index contributed by atoms with van der Waals surface area (Å²) in [7, 11) is -9.16. The van der Waals surface area contributed by atoms with Gasteiger partial charge in [0.25, 0.3) is 20.2 Å². The third-order valence-corrected chi connectivity index (χ3v) is 4.51. The first-order valence-corrected chi connectivity index (χ1v) is 8.78. The lowest BCUT2D eigenvalue weighted by Crippen LogP contribution is -2.07. The van der Waals surface area contributed by atoms with Crippen molar-refractivity contribution in [1.29, 1.82) is 0 Å². The van der Waals surface area contributed by atoms with Crippen LogP contribution in [0.4, 0.5) is 0 Å². The predicted octanol–water partition coefficient (Wildman–Crippen LogP) is 1.35. The molecule has 0 spiro atoms. The molecule has 118 valence electrons. The van der Waals surface area contributed by atoms with Crippen molar-refractivity contribution in [1.82, 2.24) is 0 Å². The second-order valence-electron chi connectivity index (χ2n) is 4.26. The fraction of sp³-hybridized carbons (Fsp3) is 0.364. The second kappa shape index (κ2) is 6.98. The lowest BCUT2D eigenvalue weighted by molar-refractivity contribution is 0.320. The highest BCUT2D eigenvalue weighted by Crippen LogP contribution is 2.22. The van der Waals surface area contributed by atoms with Crippen LogP contribution in [0.15, 0.2) is 33.1 Å². The Bertz CT molecular complexity index is 723. The predicted molar refractivity (Wildman–Crippen MR) is 73.9 cm³/mol. The fourth-order valence-corrected chi connectivity index (χ4v) is 3.11. The minimum Gasteiger partial charge on any atom is -0.411 e. The maximum absolute atomic E-state index is 11.3. The maximum Gasteiger partial charge on any atom is 0.294 e. The Morgan fingerprint density at radius 1 is 1.05 bits per heavy atom. The Kier molecular flexibility index (Phi) is 5.84. The van der Waals surface area contributed by atoms with Crippen molar-refractivity contribution in [3.63, 3.8) is 0 Å². The van der Waals surface area contributed by atoms with E-state index in [-0.39, 0.29) is 12.0 Å². The molecule has 1 rings (SSSR count). The van der Waals surface area contributed by atoms with Crippen molar-refractivity contribution in [2.24, 2.45) is 5.16 Å². The van der Waals surface area contributed by atoms with E-state index in [1.54, 1.807) is 0 Å². The summed E-state index contributed by atoms with van der Waals surface area (Å²) < 4.78 is 62.6. The van der Waals surface area contributed by atoms with Gasteiger partial charge in [0.2, 0.25) is 0 Å². The smallest absolute Gasteiger partial charge is 0.294 e. The van der Waals surface area contributed by atoms with Crippen LogP contribution in [0.5, 0.6) is 0 Å². The minimum absolute atomic E-state index is 0.242. The highest BCUT2D eigenvalue weighted by atomic mass is 32.2. The molecule has 3 N–H and O–H groups in total. The summed E-state index contributed by atoms with van der Waals surface area (Å²) in [6, 6.07) is 3.01. The second-order valence-corrected chi connectivity index (χ2v) is 7.07. The van der Waals surface area contributed by atoms with Crippen molar-refractivity contribution >= 4 is 26.5 Å². The Morgan fingerprint density at radius 3 is 2.24 bits per heavy atom. The van der Waals surface area contributed by atoms with Crippen molar-refractivity contribution in [3.8, 4) is 0 Å². The van der Waals surface area contributed by atoms with E-state index in [9.17, 15) is 16.8 Å². The van der Waals surface area contributed by atoms with Gasteiger partial charge in [-0.1, -0.05) is 6.07 Å². The quantitative estimate of drug-likeness (QED) is 0.224. The first-order chi connectivity index (χ1) is 9.66. The summed E-state index contributed by atoms with van der Waals surface area (Å²) >= 11 is 0. The van der Waals surface area contributed by atoms with Gasteiger partial charge in [-0.3, -0.25) is 9.11 Å². The minimum atomic E-state index is -4.61. The van der Waals surface area contributed by atoms with Gasteiger partial charge in [0.1, 0.15) is 0 Å². The average Bonchev–Trinajstić information content (AvgIpc) is 2.36. The maximum atomic E-state index is 11.3. The summed E-state index contributed by atoms with van der Waals surface area (Å²) in [6.07, 6.45) is 3.24. The van der Waals surface area contributed by atoms with Crippen LogP contribution in [-0.4, -0.2) is 37.4 Å². The molecule has 1 aromatic rings. The molecular weight excluding hydrogens is 322 g/mol. The monoisotopic (exact) mass is 337 g/mol. The molecule has 1 aromatic carbocycles. The first-order valence-electron chi connectivity index (χ1n) is 5.90.